The van der Waals surface area contributed by atoms with Crippen LogP contribution in [-0.4, -0.2) is 25.5 Å². The minimum absolute atomic E-state index is 0.235. The van der Waals surface area contributed by atoms with E-state index in [1.165, 1.54) is 68.3 Å². The Morgan fingerprint density at radius 3 is 2.88 bits per heavy atom. The summed E-state index contributed by atoms with van der Waals surface area (Å²) < 4.78 is 0. The van der Waals surface area contributed by atoms with Gasteiger partial charge in [-0.3, -0.25) is 4.79 Å². The third kappa shape index (κ3) is 5.23. The van der Waals surface area contributed by atoms with E-state index in [1.807, 2.05) is 0 Å². The maximum absolute atomic E-state index is 12.0. The van der Waals surface area contributed by atoms with Crippen molar-refractivity contribution in [2.45, 2.75) is 71.1 Å². The van der Waals surface area contributed by atoms with Crippen LogP contribution in [0.3, 0.4) is 0 Å². The minimum atomic E-state index is 0.235. The van der Waals surface area contributed by atoms with Crippen molar-refractivity contribution in [3.05, 3.63) is 29.3 Å². The van der Waals surface area contributed by atoms with Gasteiger partial charge in [0.05, 0.1) is 0 Å². The Morgan fingerprint density at radius 2 is 2.08 bits per heavy atom. The Hall–Kier alpha value is -1.51. The number of fused-ring (bicyclic) bond motifs is 1. The van der Waals surface area contributed by atoms with Gasteiger partial charge >= 0.3 is 0 Å². The average Bonchev–Trinajstić information content (AvgIpc) is 3.14. The van der Waals surface area contributed by atoms with Crippen molar-refractivity contribution in [1.29, 1.82) is 0 Å². The summed E-state index contributed by atoms with van der Waals surface area (Å²) in [6, 6.07) is 6.90. The summed E-state index contributed by atoms with van der Waals surface area (Å²) in [4.78, 5) is 14.5. The van der Waals surface area contributed by atoms with Crippen LogP contribution in [0.25, 0.3) is 0 Å². The quantitative estimate of drug-likeness (QED) is 0.755. The first-order chi connectivity index (χ1) is 12.3. The van der Waals surface area contributed by atoms with Crippen LogP contribution in [0, 0.1) is 5.92 Å². The van der Waals surface area contributed by atoms with Crippen molar-refractivity contribution in [1.82, 2.24) is 5.32 Å². The summed E-state index contributed by atoms with van der Waals surface area (Å²) in [5.41, 5.74) is 4.27. The fraction of sp³-hybridized carbons (Fsp3) is 0.682. The van der Waals surface area contributed by atoms with Gasteiger partial charge < -0.3 is 10.2 Å². The Morgan fingerprint density at radius 1 is 1.24 bits per heavy atom. The van der Waals surface area contributed by atoms with Gasteiger partial charge in [-0.1, -0.05) is 44.7 Å². The zero-order chi connectivity index (χ0) is 17.5. The molecule has 3 rings (SSSR count). The van der Waals surface area contributed by atoms with E-state index in [1.54, 1.807) is 0 Å². The second-order valence-electron chi connectivity index (χ2n) is 7.84. The zero-order valence-corrected chi connectivity index (χ0v) is 15.9. The molecule has 1 N–H and O–H groups in total. The number of carbonyl (C=O) groups excluding carboxylic acids is 1. The molecule has 0 bridgehead atoms. The molecule has 0 unspecified atom stereocenters. The molecule has 1 heterocycles. The van der Waals surface area contributed by atoms with Gasteiger partial charge in [-0.15, -0.1) is 0 Å². The van der Waals surface area contributed by atoms with Crippen molar-refractivity contribution >= 4 is 11.6 Å². The van der Waals surface area contributed by atoms with Crippen LogP contribution in [0.15, 0.2) is 18.2 Å². The molecule has 25 heavy (non-hydrogen) atoms. The first kappa shape index (κ1) is 18.3. The van der Waals surface area contributed by atoms with Crippen LogP contribution < -0.4 is 10.2 Å². The molecular formula is C22H34N2O. The van der Waals surface area contributed by atoms with E-state index in [0.717, 1.165) is 31.8 Å². The van der Waals surface area contributed by atoms with E-state index in [4.69, 9.17) is 0 Å². The van der Waals surface area contributed by atoms with E-state index in [2.05, 4.69) is 35.3 Å². The van der Waals surface area contributed by atoms with Crippen LogP contribution in [0.1, 0.15) is 69.4 Å². The highest BCUT2D eigenvalue weighted by atomic mass is 16.1. The van der Waals surface area contributed by atoms with Gasteiger partial charge in [-0.05, 0) is 55.2 Å². The van der Waals surface area contributed by atoms with Crippen molar-refractivity contribution in [2.75, 3.05) is 24.5 Å². The zero-order valence-electron chi connectivity index (χ0n) is 15.9. The largest absolute Gasteiger partial charge is 0.371 e. The van der Waals surface area contributed by atoms with Crippen molar-refractivity contribution in [3.63, 3.8) is 0 Å². The maximum atomic E-state index is 12.0. The molecular weight excluding hydrogens is 308 g/mol. The van der Waals surface area contributed by atoms with Crippen LogP contribution in [0.2, 0.25) is 0 Å². The molecule has 138 valence electrons. The van der Waals surface area contributed by atoms with E-state index in [-0.39, 0.29) is 5.91 Å². The summed E-state index contributed by atoms with van der Waals surface area (Å²) >= 11 is 0. The Kier molecular flexibility index (Phi) is 6.77. The van der Waals surface area contributed by atoms with E-state index in [0.29, 0.717) is 6.42 Å². The number of nitrogens with one attached hydrogen (secondary N) is 1. The molecule has 1 saturated carbocycles. The van der Waals surface area contributed by atoms with Crippen LogP contribution >= 0.6 is 0 Å². The number of hydrogen-bond acceptors (Lipinski definition) is 2. The molecule has 1 amide bonds. The third-order valence-corrected chi connectivity index (χ3v) is 5.84. The van der Waals surface area contributed by atoms with Gasteiger partial charge in [0.1, 0.15) is 0 Å². The molecule has 1 aromatic carbocycles. The van der Waals surface area contributed by atoms with Gasteiger partial charge in [0.2, 0.25) is 5.91 Å². The predicted octanol–water partition coefficient (Wildman–Crippen LogP) is 4.48. The number of nitrogens with zero attached hydrogens (tertiary/aromatic N) is 1. The first-order valence-electron chi connectivity index (χ1n) is 10.4. The van der Waals surface area contributed by atoms with Crippen LogP contribution in [0.4, 0.5) is 5.69 Å². The summed E-state index contributed by atoms with van der Waals surface area (Å²) in [5.74, 6) is 1.04. The first-order valence-corrected chi connectivity index (χ1v) is 10.4. The number of rotatable bonds is 8. The average molecular weight is 343 g/mol. The lowest BCUT2D eigenvalue weighted by molar-refractivity contribution is -0.121. The number of anilines is 1. The number of hydrogen-bond donors (Lipinski definition) is 1. The van der Waals surface area contributed by atoms with E-state index >= 15 is 0 Å². The molecule has 1 fully saturated rings. The van der Waals surface area contributed by atoms with Gasteiger partial charge in [-0.2, -0.15) is 0 Å². The predicted molar refractivity (Wildman–Crippen MR) is 105 cm³/mol. The molecule has 1 aliphatic heterocycles. The van der Waals surface area contributed by atoms with Crippen LogP contribution in [0.5, 0.6) is 0 Å². The molecule has 0 spiro atoms. The molecule has 3 heteroatoms. The number of amides is 1. The van der Waals surface area contributed by atoms with Crippen molar-refractivity contribution < 1.29 is 4.79 Å². The van der Waals surface area contributed by atoms with Gasteiger partial charge in [0.25, 0.3) is 0 Å². The smallest absolute Gasteiger partial charge is 0.220 e. The highest BCUT2D eigenvalue weighted by Gasteiger charge is 2.17. The second kappa shape index (κ2) is 9.26. The highest BCUT2D eigenvalue weighted by molar-refractivity contribution is 5.75. The van der Waals surface area contributed by atoms with E-state index < -0.39 is 0 Å². The fourth-order valence-electron chi connectivity index (χ4n) is 4.45. The number of aryl methyl sites for hydroxylation is 1. The topological polar surface area (TPSA) is 32.3 Å². The van der Waals surface area contributed by atoms with Gasteiger partial charge in [-0.25, -0.2) is 0 Å². The normalized spacial score (nSPS) is 17.6. The number of benzene rings is 1. The molecule has 0 saturated heterocycles. The lowest BCUT2D eigenvalue weighted by Gasteiger charge is -2.31. The maximum Gasteiger partial charge on any atom is 0.220 e. The Bertz CT molecular complexity index is 563. The lowest BCUT2D eigenvalue weighted by Crippen LogP contribution is -2.30. The SMILES string of the molecule is CCCN1CCCc2cc(CCNC(=O)CCC3CCCC3)ccc21. The summed E-state index contributed by atoms with van der Waals surface area (Å²) in [7, 11) is 0. The van der Waals surface area contributed by atoms with Crippen molar-refractivity contribution in [2.24, 2.45) is 5.92 Å². The Labute approximate surface area is 153 Å². The molecule has 0 radical (unpaired) electrons. The van der Waals surface area contributed by atoms with Crippen LogP contribution in [-0.2, 0) is 17.6 Å². The Balaban J connectivity index is 1.43. The third-order valence-electron chi connectivity index (χ3n) is 5.84. The summed E-state index contributed by atoms with van der Waals surface area (Å²) in [5, 5.41) is 3.11. The van der Waals surface area contributed by atoms with Gasteiger partial charge in [0, 0.05) is 31.7 Å². The van der Waals surface area contributed by atoms with Gasteiger partial charge in [0.15, 0.2) is 0 Å². The lowest BCUT2D eigenvalue weighted by atomic mass is 9.98. The fourth-order valence-corrected chi connectivity index (χ4v) is 4.45. The summed E-state index contributed by atoms with van der Waals surface area (Å²) in [6.07, 6.45) is 11.8. The van der Waals surface area contributed by atoms with E-state index in [9.17, 15) is 4.79 Å². The molecule has 0 atom stereocenters. The minimum Gasteiger partial charge on any atom is -0.371 e. The summed E-state index contributed by atoms with van der Waals surface area (Å²) in [6.45, 7) is 5.36. The number of carbonyl (C=O) groups is 1. The molecule has 3 nitrogen and oxygen atoms in total. The molecule has 1 aliphatic carbocycles. The molecule has 1 aromatic rings. The standard InChI is InChI=1S/C22H34N2O/c1-2-15-24-16-5-8-20-17-19(9-11-21(20)24)13-14-23-22(25)12-10-18-6-3-4-7-18/h9,11,17-18H,2-8,10,12-16H2,1H3,(H,23,25). The van der Waals surface area contributed by atoms with Crippen molar-refractivity contribution in [3.8, 4) is 0 Å². The molecule has 2 aliphatic rings. The second-order valence-corrected chi connectivity index (χ2v) is 7.84. The molecule has 0 aromatic heterocycles. The highest BCUT2D eigenvalue weighted by Crippen LogP contribution is 2.29. The monoisotopic (exact) mass is 342 g/mol.